The quantitative estimate of drug-likeness (QED) is 0.469. The van der Waals surface area contributed by atoms with Crippen LogP contribution in [0.1, 0.15) is 0 Å². The molecule has 0 radical (unpaired) electrons. The van der Waals surface area contributed by atoms with E-state index in [1.807, 2.05) is 0 Å². The topological polar surface area (TPSA) is 35.5 Å². The van der Waals surface area contributed by atoms with Crippen molar-refractivity contribution in [2.24, 2.45) is 0 Å². The number of rotatable bonds is 4. The fourth-order valence-corrected chi connectivity index (χ4v) is 1.26. The highest BCUT2D eigenvalue weighted by Crippen LogP contribution is 2.53. The van der Waals surface area contributed by atoms with E-state index in [2.05, 4.69) is 22.2 Å². The minimum absolute atomic E-state index is 0.275. The Hall–Kier alpha value is -0.370. The molecule has 0 spiro atoms. The molecule has 0 unspecified atom stereocenters. The second kappa shape index (κ2) is 3.71. The zero-order valence-electron chi connectivity index (χ0n) is 6.16. The molecule has 0 aliphatic carbocycles. The van der Waals surface area contributed by atoms with Crippen LogP contribution in [-0.4, -0.2) is 14.2 Å². The lowest BCUT2D eigenvalue weighted by Crippen LogP contribution is -1.88. The van der Waals surface area contributed by atoms with Crippen molar-refractivity contribution in [1.82, 2.24) is 0 Å². The zero-order chi connectivity index (χ0) is 8.20. The summed E-state index contributed by atoms with van der Waals surface area (Å²) in [5.74, 6) is 0. The van der Waals surface area contributed by atoms with Crippen LogP contribution < -0.4 is 0 Å². The molecule has 0 fully saturated rings. The van der Waals surface area contributed by atoms with Gasteiger partial charge in [0.25, 0.3) is 0 Å². The van der Waals surface area contributed by atoms with Gasteiger partial charge in [-0.1, -0.05) is 19.2 Å². The van der Waals surface area contributed by atoms with E-state index in [0.29, 0.717) is 0 Å². The Bertz CT molecular complexity index is 177. The van der Waals surface area contributed by atoms with E-state index in [9.17, 15) is 4.57 Å². The number of hydrogen-bond acceptors (Lipinski definition) is 3. The first-order chi connectivity index (χ1) is 4.60. The van der Waals surface area contributed by atoms with Crippen LogP contribution in [0.25, 0.3) is 0 Å². The summed E-state index contributed by atoms with van der Waals surface area (Å²) in [6.45, 7) is 6.85. The molecule has 0 saturated carbocycles. The van der Waals surface area contributed by atoms with Gasteiger partial charge in [0.15, 0.2) is 0 Å². The van der Waals surface area contributed by atoms with E-state index >= 15 is 0 Å². The Morgan fingerprint density at radius 1 is 1.50 bits per heavy atom. The van der Waals surface area contributed by atoms with Gasteiger partial charge < -0.3 is 9.05 Å². The molecule has 10 heavy (non-hydrogen) atoms. The van der Waals surface area contributed by atoms with Crippen LogP contribution in [0.5, 0.6) is 0 Å². The molecule has 4 heteroatoms. The first-order valence-corrected chi connectivity index (χ1v) is 4.18. The summed E-state index contributed by atoms with van der Waals surface area (Å²) in [4.78, 5) is 0. The van der Waals surface area contributed by atoms with Crippen molar-refractivity contribution < 1.29 is 13.6 Å². The van der Waals surface area contributed by atoms with Crippen molar-refractivity contribution in [1.29, 1.82) is 0 Å². The smallest absolute Gasteiger partial charge is 0.309 e. The minimum Gasteiger partial charge on any atom is -0.309 e. The molecular weight excluding hydrogens is 151 g/mol. The highest BCUT2D eigenvalue weighted by molar-refractivity contribution is 7.58. The second-order valence-corrected chi connectivity index (χ2v) is 3.86. The first-order valence-electron chi connectivity index (χ1n) is 2.64. The molecule has 0 bridgehead atoms. The third-order valence-corrected chi connectivity index (χ3v) is 2.92. The molecule has 58 valence electrons. The van der Waals surface area contributed by atoms with Gasteiger partial charge in [0.2, 0.25) is 0 Å². The van der Waals surface area contributed by atoms with Crippen LogP contribution in [0.3, 0.4) is 0 Å². The van der Waals surface area contributed by atoms with Crippen LogP contribution >= 0.6 is 7.60 Å². The summed E-state index contributed by atoms with van der Waals surface area (Å²) in [5.41, 5.74) is 0. The maximum atomic E-state index is 11.3. The Kier molecular flexibility index (Phi) is 3.58. The number of allylic oxidation sites excluding steroid dienone is 2. The van der Waals surface area contributed by atoms with Crippen molar-refractivity contribution in [3.8, 4) is 0 Å². The highest BCUT2D eigenvalue weighted by Gasteiger charge is 2.22. The van der Waals surface area contributed by atoms with Crippen molar-refractivity contribution in [2.75, 3.05) is 14.2 Å². The molecule has 0 heterocycles. The molecule has 0 N–H and O–H groups in total. The Morgan fingerprint density at radius 2 is 1.90 bits per heavy atom. The third kappa shape index (κ3) is 1.81. The molecular formula is C6H11O3P. The number of hydrogen-bond donors (Lipinski definition) is 0. The lowest BCUT2D eigenvalue weighted by atomic mass is 10.6. The summed E-state index contributed by atoms with van der Waals surface area (Å²) in [5, 5.41) is 0.275. The van der Waals surface area contributed by atoms with Crippen LogP contribution in [-0.2, 0) is 13.6 Å². The predicted octanol–water partition coefficient (Wildman–Crippen LogP) is 2.17. The van der Waals surface area contributed by atoms with E-state index in [1.165, 1.54) is 20.3 Å². The monoisotopic (exact) mass is 162 g/mol. The van der Waals surface area contributed by atoms with Gasteiger partial charge in [-0.2, -0.15) is 0 Å². The Balaban J connectivity index is 4.49. The van der Waals surface area contributed by atoms with Gasteiger partial charge in [-0.15, -0.1) is 0 Å². The lowest BCUT2D eigenvalue weighted by Gasteiger charge is -2.12. The first kappa shape index (κ1) is 9.63. The van der Waals surface area contributed by atoms with E-state index < -0.39 is 7.60 Å². The van der Waals surface area contributed by atoms with Gasteiger partial charge in [0, 0.05) is 14.2 Å². The van der Waals surface area contributed by atoms with E-state index in [0.717, 1.165) is 0 Å². The van der Waals surface area contributed by atoms with Gasteiger partial charge in [-0.05, 0) is 0 Å². The molecule has 0 saturated heterocycles. The fourth-order valence-electron chi connectivity index (χ4n) is 0.421. The average molecular weight is 162 g/mol. The van der Waals surface area contributed by atoms with Gasteiger partial charge >= 0.3 is 7.60 Å². The van der Waals surface area contributed by atoms with Crippen LogP contribution in [0, 0.1) is 0 Å². The Labute approximate surface area is 60.9 Å². The Morgan fingerprint density at radius 3 is 2.00 bits per heavy atom. The summed E-state index contributed by atoms with van der Waals surface area (Å²) in [6, 6.07) is 0. The molecule has 0 aliphatic heterocycles. The van der Waals surface area contributed by atoms with Crippen molar-refractivity contribution in [3.63, 3.8) is 0 Å². The van der Waals surface area contributed by atoms with Gasteiger partial charge in [0.05, 0.1) is 5.31 Å². The van der Waals surface area contributed by atoms with Crippen molar-refractivity contribution in [2.45, 2.75) is 0 Å². The summed E-state index contributed by atoms with van der Waals surface area (Å²) in [7, 11) is -0.476. The van der Waals surface area contributed by atoms with Crippen molar-refractivity contribution in [3.05, 3.63) is 24.5 Å². The summed E-state index contributed by atoms with van der Waals surface area (Å²) < 4.78 is 20.5. The molecule has 0 aromatic rings. The fraction of sp³-hybridized carbons (Fsp3) is 0.333. The second-order valence-electron chi connectivity index (χ2n) is 1.56. The van der Waals surface area contributed by atoms with Gasteiger partial charge in [-0.25, -0.2) is 0 Å². The van der Waals surface area contributed by atoms with E-state index in [1.54, 1.807) is 0 Å². The molecule has 3 nitrogen and oxygen atoms in total. The van der Waals surface area contributed by atoms with Crippen LogP contribution in [0.15, 0.2) is 24.5 Å². The SMILES string of the molecule is C=CC(=C)P(=O)(OC)OC. The maximum Gasteiger partial charge on any atom is 0.360 e. The highest BCUT2D eigenvalue weighted by atomic mass is 31.2. The predicted molar refractivity (Wildman–Crippen MR) is 41.0 cm³/mol. The van der Waals surface area contributed by atoms with Crippen molar-refractivity contribution >= 4 is 7.60 Å². The zero-order valence-corrected chi connectivity index (χ0v) is 7.06. The normalized spacial score (nSPS) is 11.0. The van der Waals surface area contributed by atoms with Gasteiger partial charge in [0.1, 0.15) is 0 Å². The van der Waals surface area contributed by atoms with Crippen LogP contribution in [0.2, 0.25) is 0 Å². The van der Waals surface area contributed by atoms with Gasteiger partial charge in [-0.3, -0.25) is 4.57 Å². The molecule has 0 rings (SSSR count). The summed E-state index contributed by atoms with van der Waals surface area (Å²) >= 11 is 0. The molecule has 0 atom stereocenters. The standard InChI is InChI=1S/C6H11O3P/c1-5-6(2)10(7,8-3)9-4/h5H,1-2H2,3-4H3. The lowest BCUT2D eigenvalue weighted by molar-refractivity contribution is 0.284. The maximum absolute atomic E-state index is 11.3. The van der Waals surface area contributed by atoms with E-state index in [4.69, 9.17) is 0 Å². The molecule has 0 aromatic heterocycles. The minimum atomic E-state index is -3.08. The molecule has 0 aliphatic rings. The third-order valence-electron chi connectivity index (χ3n) is 1.07. The summed E-state index contributed by atoms with van der Waals surface area (Å²) in [6.07, 6.45) is 1.35. The van der Waals surface area contributed by atoms with E-state index in [-0.39, 0.29) is 5.31 Å². The molecule has 0 amide bonds. The average Bonchev–Trinajstić information content (AvgIpc) is 2.01. The largest absolute Gasteiger partial charge is 0.360 e. The van der Waals surface area contributed by atoms with Crippen LogP contribution in [0.4, 0.5) is 0 Å². The molecule has 0 aromatic carbocycles.